The van der Waals surface area contributed by atoms with Crippen molar-refractivity contribution in [1.29, 1.82) is 0 Å². The summed E-state index contributed by atoms with van der Waals surface area (Å²) >= 11 is 6.15. The zero-order chi connectivity index (χ0) is 23.8. The maximum absolute atomic E-state index is 13.3. The molecular formula is C26H24ClFN4O2. The number of hydrogen-bond donors (Lipinski definition) is 1. The van der Waals surface area contributed by atoms with Crippen LogP contribution in [-0.2, 0) is 26.1 Å². The first kappa shape index (κ1) is 23.6. The highest BCUT2D eigenvalue weighted by atomic mass is 35.5. The van der Waals surface area contributed by atoms with Crippen molar-refractivity contribution >= 4 is 17.5 Å². The van der Waals surface area contributed by atoms with E-state index in [9.17, 15) is 9.18 Å². The second-order valence-electron chi connectivity index (χ2n) is 7.86. The van der Waals surface area contributed by atoms with Gasteiger partial charge in [-0.1, -0.05) is 41.9 Å². The van der Waals surface area contributed by atoms with E-state index in [0.717, 1.165) is 16.8 Å². The summed E-state index contributed by atoms with van der Waals surface area (Å²) in [6.45, 7) is 1.93. The van der Waals surface area contributed by atoms with E-state index in [1.165, 1.54) is 18.4 Å². The third-order valence-corrected chi connectivity index (χ3v) is 5.39. The Hall–Kier alpha value is -3.55. The zero-order valence-corrected chi connectivity index (χ0v) is 19.2. The predicted molar refractivity (Wildman–Crippen MR) is 128 cm³/mol. The number of carbonyl (C=O) groups is 1. The maximum Gasteiger partial charge on any atom is 0.273 e. The Morgan fingerprint density at radius 2 is 1.82 bits per heavy atom. The summed E-state index contributed by atoms with van der Waals surface area (Å²) in [7, 11) is 0. The molecule has 6 nitrogen and oxygen atoms in total. The van der Waals surface area contributed by atoms with E-state index in [2.05, 4.69) is 20.2 Å². The number of hydrogen-bond acceptors (Lipinski definition) is 5. The topological polar surface area (TPSA) is 71.3 Å². The zero-order valence-electron chi connectivity index (χ0n) is 18.5. The number of nitrogens with zero attached hydrogens (tertiary/aromatic N) is 3. The third kappa shape index (κ3) is 6.97. The normalized spacial score (nSPS) is 11.0. The summed E-state index contributed by atoms with van der Waals surface area (Å²) in [5, 5.41) is 3.49. The highest BCUT2D eigenvalue weighted by Crippen LogP contribution is 2.17. The van der Waals surface area contributed by atoms with Crippen LogP contribution in [0.15, 0.2) is 83.6 Å². The van der Waals surface area contributed by atoms with Gasteiger partial charge in [-0.15, -0.1) is 0 Å². The minimum Gasteiger partial charge on any atom is -0.447 e. The van der Waals surface area contributed by atoms with Crippen LogP contribution in [0.4, 0.5) is 4.39 Å². The number of oxazole rings is 1. The maximum atomic E-state index is 13.3. The van der Waals surface area contributed by atoms with Crippen LogP contribution in [0.2, 0.25) is 5.02 Å². The van der Waals surface area contributed by atoms with Gasteiger partial charge in [-0.3, -0.25) is 14.7 Å². The van der Waals surface area contributed by atoms with Crippen LogP contribution in [0.1, 0.15) is 33.2 Å². The van der Waals surface area contributed by atoms with Crippen LogP contribution in [0.3, 0.4) is 0 Å². The second-order valence-corrected chi connectivity index (χ2v) is 8.29. The monoisotopic (exact) mass is 478 g/mol. The molecule has 1 N–H and O–H groups in total. The van der Waals surface area contributed by atoms with Gasteiger partial charge in [0, 0.05) is 43.0 Å². The summed E-state index contributed by atoms with van der Waals surface area (Å²) in [6, 6.07) is 19.6. The quantitative estimate of drug-likeness (QED) is 0.346. The molecule has 4 aromatic rings. The minimum atomic E-state index is -0.300. The van der Waals surface area contributed by atoms with Crippen LogP contribution in [0, 0.1) is 5.82 Å². The number of benzene rings is 2. The number of halogens is 2. The molecule has 0 aliphatic rings. The summed E-state index contributed by atoms with van der Waals surface area (Å²) in [5.41, 5.74) is 3.10. The van der Waals surface area contributed by atoms with Crippen molar-refractivity contribution in [1.82, 2.24) is 20.2 Å². The van der Waals surface area contributed by atoms with Crippen molar-refractivity contribution in [2.24, 2.45) is 0 Å². The third-order valence-electron chi connectivity index (χ3n) is 5.15. The number of nitrogens with one attached hydrogen (secondary N) is 1. The fourth-order valence-corrected chi connectivity index (χ4v) is 3.74. The van der Waals surface area contributed by atoms with Crippen molar-refractivity contribution in [3.63, 3.8) is 0 Å². The lowest BCUT2D eigenvalue weighted by molar-refractivity contribution is 0.0949. The summed E-state index contributed by atoms with van der Waals surface area (Å²) in [4.78, 5) is 23.2. The largest absolute Gasteiger partial charge is 0.447 e. The highest BCUT2D eigenvalue weighted by molar-refractivity contribution is 6.30. The fourth-order valence-electron chi connectivity index (χ4n) is 3.53. The molecular weight excluding hydrogens is 455 g/mol. The first-order chi connectivity index (χ1) is 16.5. The van der Waals surface area contributed by atoms with Gasteiger partial charge in [0.1, 0.15) is 12.1 Å². The Morgan fingerprint density at radius 3 is 2.59 bits per heavy atom. The highest BCUT2D eigenvalue weighted by Gasteiger charge is 2.16. The standard InChI is InChI=1S/C26H24ClFN4O2/c27-21-5-3-4-20(14-21)16-32(15-19-7-9-22(28)10-8-19)17-25-31-24(18-34-25)26(33)30-13-11-23-6-1-2-12-29-23/h1-10,12,14,18H,11,13,15-17H2,(H,30,33). The van der Waals surface area contributed by atoms with Gasteiger partial charge in [0.2, 0.25) is 5.89 Å². The Kier molecular flexibility index (Phi) is 8.01. The molecule has 2 aromatic heterocycles. The van der Waals surface area contributed by atoms with Gasteiger partial charge in [-0.25, -0.2) is 9.37 Å². The molecule has 0 spiro atoms. The molecule has 0 aliphatic carbocycles. The molecule has 0 saturated carbocycles. The molecule has 0 unspecified atom stereocenters. The van der Waals surface area contributed by atoms with Crippen molar-refractivity contribution in [3.8, 4) is 0 Å². The molecule has 1 amide bonds. The average molecular weight is 479 g/mol. The van der Waals surface area contributed by atoms with Crippen molar-refractivity contribution in [3.05, 3.63) is 118 Å². The summed E-state index contributed by atoms with van der Waals surface area (Å²) in [6.07, 6.45) is 3.71. The summed E-state index contributed by atoms with van der Waals surface area (Å²) < 4.78 is 18.9. The van der Waals surface area contributed by atoms with Gasteiger partial charge in [-0.2, -0.15) is 0 Å². The van der Waals surface area contributed by atoms with E-state index < -0.39 is 0 Å². The van der Waals surface area contributed by atoms with Gasteiger partial charge in [0.25, 0.3) is 5.91 Å². The van der Waals surface area contributed by atoms with E-state index in [4.69, 9.17) is 16.0 Å². The van der Waals surface area contributed by atoms with Crippen LogP contribution in [0.25, 0.3) is 0 Å². The van der Waals surface area contributed by atoms with Gasteiger partial charge >= 0.3 is 0 Å². The number of aromatic nitrogens is 2. The Balaban J connectivity index is 1.40. The van der Waals surface area contributed by atoms with Gasteiger partial charge in [0.15, 0.2) is 5.69 Å². The number of rotatable bonds is 10. The number of amides is 1. The van der Waals surface area contributed by atoms with E-state index in [1.54, 1.807) is 18.3 Å². The molecule has 174 valence electrons. The molecule has 4 rings (SSSR count). The van der Waals surface area contributed by atoms with E-state index >= 15 is 0 Å². The van der Waals surface area contributed by atoms with Gasteiger partial charge < -0.3 is 9.73 Å². The van der Waals surface area contributed by atoms with Crippen LogP contribution < -0.4 is 5.32 Å². The number of pyridine rings is 1. The predicted octanol–water partition coefficient (Wildman–Crippen LogP) is 5.04. The molecule has 2 heterocycles. The lowest BCUT2D eigenvalue weighted by Gasteiger charge is -2.21. The van der Waals surface area contributed by atoms with Crippen molar-refractivity contribution in [2.75, 3.05) is 6.54 Å². The van der Waals surface area contributed by atoms with Crippen LogP contribution >= 0.6 is 11.6 Å². The van der Waals surface area contributed by atoms with E-state index in [-0.39, 0.29) is 17.4 Å². The Bertz CT molecular complexity index is 1210. The molecule has 0 aliphatic heterocycles. The lowest BCUT2D eigenvalue weighted by atomic mass is 10.1. The van der Waals surface area contributed by atoms with Crippen LogP contribution in [0.5, 0.6) is 0 Å². The molecule has 0 radical (unpaired) electrons. The van der Waals surface area contributed by atoms with Crippen LogP contribution in [-0.4, -0.2) is 27.3 Å². The number of carbonyl (C=O) groups excluding carboxylic acids is 1. The summed E-state index contributed by atoms with van der Waals surface area (Å²) in [5.74, 6) is -0.165. The molecule has 8 heteroatoms. The van der Waals surface area contributed by atoms with E-state index in [1.807, 2.05) is 42.5 Å². The Labute approximate surface area is 202 Å². The van der Waals surface area contributed by atoms with Gasteiger partial charge in [0.05, 0.1) is 6.54 Å². The Morgan fingerprint density at radius 1 is 1.00 bits per heavy atom. The lowest BCUT2D eigenvalue weighted by Crippen LogP contribution is -2.26. The fraction of sp³-hybridized carbons (Fsp3) is 0.192. The smallest absolute Gasteiger partial charge is 0.273 e. The van der Waals surface area contributed by atoms with Gasteiger partial charge in [-0.05, 0) is 47.5 Å². The SMILES string of the molecule is O=C(NCCc1ccccn1)c1coc(CN(Cc2ccc(F)cc2)Cc2cccc(Cl)c2)n1. The van der Waals surface area contributed by atoms with E-state index in [0.29, 0.717) is 43.5 Å². The molecule has 0 bridgehead atoms. The molecule has 0 fully saturated rings. The first-order valence-electron chi connectivity index (χ1n) is 10.9. The second kappa shape index (κ2) is 11.5. The minimum absolute atomic E-state index is 0.223. The molecule has 2 aromatic carbocycles. The molecule has 0 atom stereocenters. The van der Waals surface area contributed by atoms with Crippen molar-refractivity contribution in [2.45, 2.75) is 26.1 Å². The average Bonchev–Trinajstić information content (AvgIpc) is 3.30. The molecule has 34 heavy (non-hydrogen) atoms. The van der Waals surface area contributed by atoms with Crippen molar-refractivity contribution < 1.29 is 13.6 Å². The first-order valence-corrected chi connectivity index (χ1v) is 11.3. The molecule has 0 saturated heterocycles.